The molecule has 2 aromatic rings. The van der Waals surface area contributed by atoms with Crippen LogP contribution in [-0.2, 0) is 20.9 Å². The van der Waals surface area contributed by atoms with E-state index in [9.17, 15) is 14.4 Å². The fraction of sp³-hybridized carbons (Fsp3) is 0.375. The molecule has 2 aromatic carbocycles. The molecule has 33 heavy (non-hydrogen) atoms. The van der Waals surface area contributed by atoms with Crippen LogP contribution in [0.1, 0.15) is 40.9 Å². The van der Waals surface area contributed by atoms with Gasteiger partial charge in [-0.1, -0.05) is 18.2 Å². The average molecular weight is 456 g/mol. The molecule has 0 bridgehead atoms. The lowest BCUT2D eigenvalue weighted by molar-refractivity contribution is -0.143. The molecule has 1 N–H and O–H groups in total. The van der Waals surface area contributed by atoms with E-state index in [1.54, 1.807) is 36.1 Å². The highest BCUT2D eigenvalue weighted by Crippen LogP contribution is 2.42. The molecule has 0 radical (unpaired) electrons. The number of hydrogen-bond acceptors (Lipinski definition) is 7. The minimum Gasteiger partial charge on any atom is -0.493 e. The summed E-state index contributed by atoms with van der Waals surface area (Å²) in [5, 5.41) is 2.57. The van der Waals surface area contributed by atoms with E-state index in [1.807, 2.05) is 12.1 Å². The minimum absolute atomic E-state index is 0.0717. The molecule has 0 aromatic heterocycles. The molecule has 176 valence electrons. The first-order valence-corrected chi connectivity index (χ1v) is 10.5. The van der Waals surface area contributed by atoms with Gasteiger partial charge in [0.1, 0.15) is 6.54 Å². The molecule has 0 saturated heterocycles. The Kier molecular flexibility index (Phi) is 7.76. The van der Waals surface area contributed by atoms with Crippen molar-refractivity contribution in [2.75, 3.05) is 34.5 Å². The Morgan fingerprint density at radius 2 is 1.73 bits per heavy atom. The number of rotatable bonds is 10. The number of carbonyl (C=O) groups is 3. The predicted molar refractivity (Wildman–Crippen MR) is 119 cm³/mol. The SMILES string of the molecule is CCOC(=O)CNC(=O)C[C@H](c1cc(OC)c(OC)c(OC)c1)N1Cc2ccccc2C1=O. The summed E-state index contributed by atoms with van der Waals surface area (Å²) in [5.74, 6) is 0.124. The average Bonchev–Trinajstić information content (AvgIpc) is 3.16. The number of nitrogens with one attached hydrogen (secondary N) is 1. The lowest BCUT2D eigenvalue weighted by atomic mass is 10.00. The van der Waals surface area contributed by atoms with Crippen LogP contribution in [0.4, 0.5) is 0 Å². The number of esters is 1. The van der Waals surface area contributed by atoms with Gasteiger partial charge in [-0.15, -0.1) is 0 Å². The molecule has 0 saturated carbocycles. The van der Waals surface area contributed by atoms with E-state index in [2.05, 4.69) is 5.32 Å². The van der Waals surface area contributed by atoms with Gasteiger partial charge < -0.3 is 29.2 Å². The van der Waals surface area contributed by atoms with Crippen molar-refractivity contribution >= 4 is 17.8 Å². The van der Waals surface area contributed by atoms with Crippen molar-refractivity contribution in [3.63, 3.8) is 0 Å². The molecule has 1 aliphatic rings. The number of benzene rings is 2. The van der Waals surface area contributed by atoms with E-state index in [-0.39, 0.29) is 25.5 Å². The molecular weight excluding hydrogens is 428 g/mol. The molecule has 9 nitrogen and oxygen atoms in total. The summed E-state index contributed by atoms with van der Waals surface area (Å²) in [6, 6.07) is 10.1. The van der Waals surface area contributed by atoms with Crippen molar-refractivity contribution in [2.24, 2.45) is 0 Å². The quantitative estimate of drug-likeness (QED) is 0.548. The van der Waals surface area contributed by atoms with E-state index in [4.69, 9.17) is 18.9 Å². The zero-order valence-corrected chi connectivity index (χ0v) is 19.2. The monoisotopic (exact) mass is 456 g/mol. The van der Waals surface area contributed by atoms with Gasteiger partial charge in [-0.25, -0.2) is 0 Å². The van der Waals surface area contributed by atoms with E-state index < -0.39 is 17.9 Å². The molecule has 1 heterocycles. The Bertz CT molecular complexity index is 1010. The van der Waals surface area contributed by atoms with Crippen molar-refractivity contribution in [1.29, 1.82) is 0 Å². The van der Waals surface area contributed by atoms with Crippen molar-refractivity contribution in [2.45, 2.75) is 25.9 Å². The highest BCUT2D eigenvalue weighted by Gasteiger charge is 2.35. The summed E-state index contributed by atoms with van der Waals surface area (Å²) < 4.78 is 21.2. The standard InChI is InChI=1S/C24H28N2O7/c1-5-33-22(28)13-25-21(27)12-18(26-14-15-8-6-7-9-17(15)24(26)29)16-10-19(30-2)23(32-4)20(11-16)31-3/h6-11,18H,5,12-14H2,1-4H3,(H,25,27)/t18-/m1/s1. The summed E-state index contributed by atoms with van der Waals surface area (Å²) >= 11 is 0. The number of ether oxygens (including phenoxy) is 4. The minimum atomic E-state index is -0.638. The van der Waals surface area contributed by atoms with Crippen LogP contribution in [-0.4, -0.2) is 57.2 Å². The van der Waals surface area contributed by atoms with Gasteiger partial charge in [0.2, 0.25) is 11.7 Å². The lowest BCUT2D eigenvalue weighted by Crippen LogP contribution is -2.36. The van der Waals surface area contributed by atoms with Crippen LogP contribution in [0.2, 0.25) is 0 Å². The largest absolute Gasteiger partial charge is 0.493 e. The second-order valence-corrected chi connectivity index (χ2v) is 7.35. The van der Waals surface area contributed by atoms with E-state index in [0.29, 0.717) is 34.9 Å². The third-order valence-electron chi connectivity index (χ3n) is 5.41. The fourth-order valence-electron chi connectivity index (χ4n) is 3.86. The number of methoxy groups -OCH3 is 3. The molecule has 0 unspecified atom stereocenters. The Morgan fingerprint density at radius 1 is 1.06 bits per heavy atom. The van der Waals surface area contributed by atoms with Crippen LogP contribution in [0.3, 0.4) is 0 Å². The third-order valence-corrected chi connectivity index (χ3v) is 5.41. The lowest BCUT2D eigenvalue weighted by Gasteiger charge is -2.29. The summed E-state index contributed by atoms with van der Waals surface area (Å²) in [6.07, 6.45) is -0.0717. The summed E-state index contributed by atoms with van der Waals surface area (Å²) in [4.78, 5) is 39.3. The Balaban J connectivity index is 1.95. The van der Waals surface area contributed by atoms with Crippen LogP contribution in [0.15, 0.2) is 36.4 Å². The Hall–Kier alpha value is -3.75. The van der Waals surface area contributed by atoms with Gasteiger partial charge in [-0.2, -0.15) is 0 Å². The second kappa shape index (κ2) is 10.7. The molecule has 1 atom stereocenters. The molecule has 0 spiro atoms. The first-order valence-electron chi connectivity index (χ1n) is 10.5. The summed E-state index contributed by atoms with van der Waals surface area (Å²) in [7, 11) is 4.50. The second-order valence-electron chi connectivity index (χ2n) is 7.35. The number of fused-ring (bicyclic) bond motifs is 1. The van der Waals surface area contributed by atoms with E-state index in [1.165, 1.54) is 21.3 Å². The molecule has 0 fully saturated rings. The molecular formula is C24H28N2O7. The van der Waals surface area contributed by atoms with Gasteiger partial charge in [-0.05, 0) is 36.2 Å². The van der Waals surface area contributed by atoms with Crippen molar-refractivity contribution in [1.82, 2.24) is 10.2 Å². The summed E-state index contributed by atoms with van der Waals surface area (Å²) in [5.41, 5.74) is 2.12. The zero-order chi connectivity index (χ0) is 24.0. The van der Waals surface area contributed by atoms with Crippen LogP contribution >= 0.6 is 0 Å². The van der Waals surface area contributed by atoms with E-state index in [0.717, 1.165) is 5.56 Å². The van der Waals surface area contributed by atoms with Crippen molar-refractivity contribution in [3.8, 4) is 17.2 Å². The van der Waals surface area contributed by atoms with E-state index >= 15 is 0 Å². The van der Waals surface area contributed by atoms with Gasteiger partial charge in [0.05, 0.1) is 40.4 Å². The first kappa shape index (κ1) is 23.9. The number of nitrogens with zero attached hydrogens (tertiary/aromatic N) is 1. The molecule has 3 rings (SSSR count). The van der Waals surface area contributed by atoms with Crippen molar-refractivity contribution in [3.05, 3.63) is 53.1 Å². The van der Waals surface area contributed by atoms with Gasteiger partial charge in [0.15, 0.2) is 11.5 Å². The van der Waals surface area contributed by atoms with Gasteiger partial charge >= 0.3 is 5.97 Å². The Morgan fingerprint density at radius 3 is 2.30 bits per heavy atom. The van der Waals surface area contributed by atoms with Crippen LogP contribution < -0.4 is 19.5 Å². The van der Waals surface area contributed by atoms with Crippen LogP contribution in [0.5, 0.6) is 17.2 Å². The van der Waals surface area contributed by atoms with Gasteiger partial charge in [0, 0.05) is 12.1 Å². The molecule has 9 heteroatoms. The smallest absolute Gasteiger partial charge is 0.325 e. The third kappa shape index (κ3) is 5.19. The van der Waals surface area contributed by atoms with Gasteiger partial charge in [-0.3, -0.25) is 14.4 Å². The van der Waals surface area contributed by atoms with Crippen LogP contribution in [0.25, 0.3) is 0 Å². The number of hydrogen-bond donors (Lipinski definition) is 1. The highest BCUT2D eigenvalue weighted by molar-refractivity contribution is 5.99. The maximum atomic E-state index is 13.2. The van der Waals surface area contributed by atoms with Crippen LogP contribution in [0, 0.1) is 0 Å². The maximum absolute atomic E-state index is 13.2. The topological polar surface area (TPSA) is 103 Å². The number of carbonyl (C=O) groups excluding carboxylic acids is 3. The zero-order valence-electron chi connectivity index (χ0n) is 19.2. The fourth-order valence-corrected chi connectivity index (χ4v) is 3.86. The molecule has 0 aliphatic carbocycles. The Labute approximate surface area is 192 Å². The first-order chi connectivity index (χ1) is 15.9. The van der Waals surface area contributed by atoms with Crippen molar-refractivity contribution < 1.29 is 33.3 Å². The van der Waals surface area contributed by atoms with Gasteiger partial charge in [0.25, 0.3) is 5.91 Å². The highest BCUT2D eigenvalue weighted by atomic mass is 16.5. The predicted octanol–water partition coefficient (Wildman–Crippen LogP) is 2.48. The normalized spacial score (nSPS) is 13.2. The maximum Gasteiger partial charge on any atom is 0.325 e. The molecule has 2 amide bonds. The summed E-state index contributed by atoms with van der Waals surface area (Å²) in [6.45, 7) is 2.02. The molecule has 1 aliphatic heterocycles. The number of amides is 2.